The number of nitrogen functional groups attached to an aromatic ring is 1. The molecule has 5 nitrogen and oxygen atoms in total. The summed E-state index contributed by atoms with van der Waals surface area (Å²) in [6.45, 7) is 4.51. The highest BCUT2D eigenvalue weighted by molar-refractivity contribution is 6.04. The highest BCUT2D eigenvalue weighted by Gasteiger charge is 2.15. The molecule has 1 amide bonds. The van der Waals surface area contributed by atoms with Crippen molar-refractivity contribution >= 4 is 17.3 Å². The molecule has 126 valence electrons. The van der Waals surface area contributed by atoms with Gasteiger partial charge in [-0.2, -0.15) is 0 Å². The van der Waals surface area contributed by atoms with Crippen molar-refractivity contribution in [2.75, 3.05) is 30.7 Å². The van der Waals surface area contributed by atoms with Gasteiger partial charge in [0.15, 0.2) is 0 Å². The van der Waals surface area contributed by atoms with Crippen LogP contribution in [-0.2, 0) is 11.2 Å². The fourth-order valence-electron chi connectivity index (χ4n) is 2.77. The van der Waals surface area contributed by atoms with E-state index < -0.39 is 0 Å². The van der Waals surface area contributed by atoms with Gasteiger partial charge in [-0.25, -0.2) is 0 Å². The molecule has 1 saturated heterocycles. The first kappa shape index (κ1) is 16.5. The lowest BCUT2D eigenvalue weighted by Crippen LogP contribution is -2.39. The van der Waals surface area contributed by atoms with Crippen molar-refractivity contribution in [3.63, 3.8) is 0 Å². The number of amides is 1. The average molecular weight is 325 g/mol. The number of hydrogen-bond acceptors (Lipinski definition) is 4. The van der Waals surface area contributed by atoms with Crippen molar-refractivity contribution in [3.05, 3.63) is 59.2 Å². The van der Waals surface area contributed by atoms with Crippen LogP contribution in [0.1, 0.15) is 21.5 Å². The molecule has 1 aliphatic rings. The van der Waals surface area contributed by atoms with Crippen LogP contribution in [0.3, 0.4) is 0 Å². The maximum atomic E-state index is 12.4. The first-order valence-electron chi connectivity index (χ1n) is 8.20. The van der Waals surface area contributed by atoms with Crippen molar-refractivity contribution in [3.8, 4) is 0 Å². The van der Waals surface area contributed by atoms with Gasteiger partial charge >= 0.3 is 0 Å². The second-order valence-electron chi connectivity index (χ2n) is 6.13. The van der Waals surface area contributed by atoms with Crippen molar-refractivity contribution in [2.24, 2.45) is 0 Å². The number of hydrogen-bond donors (Lipinski definition) is 3. The molecular formula is C19H23N3O2. The van der Waals surface area contributed by atoms with Gasteiger partial charge in [0.2, 0.25) is 0 Å². The molecule has 1 aliphatic heterocycles. The lowest BCUT2D eigenvalue weighted by Gasteiger charge is -2.24. The Morgan fingerprint density at radius 2 is 2.08 bits per heavy atom. The molecule has 4 N–H and O–H groups in total. The number of nitrogens with one attached hydrogen (secondary N) is 2. The van der Waals surface area contributed by atoms with Crippen molar-refractivity contribution in [1.82, 2.24) is 5.32 Å². The number of rotatable bonds is 4. The van der Waals surface area contributed by atoms with Crippen LogP contribution in [0.25, 0.3) is 0 Å². The highest BCUT2D eigenvalue weighted by Crippen LogP contribution is 2.20. The predicted octanol–water partition coefficient (Wildman–Crippen LogP) is 2.36. The summed E-state index contributed by atoms with van der Waals surface area (Å²) in [6.07, 6.45) is 1.01. The van der Waals surface area contributed by atoms with E-state index >= 15 is 0 Å². The summed E-state index contributed by atoms with van der Waals surface area (Å²) >= 11 is 0. The molecule has 0 aliphatic carbocycles. The lowest BCUT2D eigenvalue weighted by atomic mass is 10.0. The second kappa shape index (κ2) is 7.47. The normalized spacial score (nSPS) is 17.5. The molecule has 24 heavy (non-hydrogen) atoms. The Bertz CT molecular complexity index is 707. The smallest absolute Gasteiger partial charge is 0.255 e. The van der Waals surface area contributed by atoms with Crippen LogP contribution in [0, 0.1) is 6.92 Å². The zero-order chi connectivity index (χ0) is 16.9. The van der Waals surface area contributed by atoms with E-state index in [2.05, 4.69) is 16.7 Å². The third-order valence-corrected chi connectivity index (χ3v) is 4.19. The van der Waals surface area contributed by atoms with E-state index in [9.17, 15) is 4.79 Å². The Labute approximate surface area is 142 Å². The minimum Gasteiger partial charge on any atom is -0.399 e. The van der Waals surface area contributed by atoms with E-state index in [1.54, 1.807) is 24.3 Å². The quantitative estimate of drug-likeness (QED) is 0.754. The Morgan fingerprint density at radius 3 is 2.79 bits per heavy atom. The predicted molar refractivity (Wildman–Crippen MR) is 96.3 cm³/mol. The van der Waals surface area contributed by atoms with E-state index in [1.807, 2.05) is 19.1 Å². The van der Waals surface area contributed by atoms with Gasteiger partial charge in [-0.1, -0.05) is 12.1 Å². The SMILES string of the molecule is Cc1ccc(CC2CNCCO2)cc1NC(=O)c1ccc(N)cc1. The van der Waals surface area contributed by atoms with Crippen molar-refractivity contribution < 1.29 is 9.53 Å². The molecular weight excluding hydrogens is 302 g/mol. The molecule has 1 atom stereocenters. The van der Waals surface area contributed by atoms with Crippen molar-refractivity contribution in [2.45, 2.75) is 19.4 Å². The number of morpholine rings is 1. The van der Waals surface area contributed by atoms with Gasteiger partial charge < -0.3 is 21.1 Å². The molecule has 2 aromatic rings. The lowest BCUT2D eigenvalue weighted by molar-refractivity contribution is 0.0292. The van der Waals surface area contributed by atoms with Gasteiger partial charge in [0.05, 0.1) is 12.7 Å². The summed E-state index contributed by atoms with van der Waals surface area (Å²) in [7, 11) is 0. The Hall–Kier alpha value is -2.37. The summed E-state index contributed by atoms with van der Waals surface area (Å²) in [4.78, 5) is 12.4. The van der Waals surface area contributed by atoms with Crippen molar-refractivity contribution in [1.29, 1.82) is 0 Å². The third kappa shape index (κ3) is 4.13. The molecule has 0 aromatic heterocycles. The molecule has 0 bridgehead atoms. The Kier molecular flexibility index (Phi) is 5.13. The van der Waals surface area contributed by atoms with E-state index in [0.717, 1.165) is 42.9 Å². The van der Waals surface area contributed by atoms with E-state index in [0.29, 0.717) is 11.3 Å². The topological polar surface area (TPSA) is 76.4 Å². The average Bonchev–Trinajstić information content (AvgIpc) is 2.59. The van der Waals surface area contributed by atoms with Gasteiger partial charge in [-0.15, -0.1) is 0 Å². The van der Waals surface area contributed by atoms with Crippen LogP contribution in [0.15, 0.2) is 42.5 Å². The van der Waals surface area contributed by atoms with Gasteiger partial charge in [0.1, 0.15) is 0 Å². The molecule has 0 saturated carbocycles. The van der Waals surface area contributed by atoms with E-state index in [1.165, 1.54) is 0 Å². The summed E-state index contributed by atoms with van der Waals surface area (Å²) in [5.74, 6) is -0.133. The fraction of sp³-hybridized carbons (Fsp3) is 0.316. The fourth-order valence-corrected chi connectivity index (χ4v) is 2.77. The molecule has 5 heteroatoms. The molecule has 2 aromatic carbocycles. The number of nitrogens with two attached hydrogens (primary N) is 1. The molecule has 1 unspecified atom stereocenters. The molecule has 1 heterocycles. The molecule has 0 radical (unpaired) electrons. The summed E-state index contributed by atoms with van der Waals surface area (Å²) < 4.78 is 5.75. The zero-order valence-corrected chi connectivity index (χ0v) is 13.8. The van der Waals surface area contributed by atoms with Crippen LogP contribution in [0.2, 0.25) is 0 Å². The molecule has 0 spiro atoms. The summed E-state index contributed by atoms with van der Waals surface area (Å²) in [5.41, 5.74) is 9.92. The van der Waals surface area contributed by atoms with Gasteiger partial charge in [0.25, 0.3) is 5.91 Å². The van der Waals surface area contributed by atoms with E-state index in [-0.39, 0.29) is 12.0 Å². The Balaban J connectivity index is 1.71. The second-order valence-corrected chi connectivity index (χ2v) is 6.13. The standard InChI is InChI=1S/C19H23N3O2/c1-13-2-3-14(10-17-12-21-8-9-24-17)11-18(13)22-19(23)15-4-6-16(20)7-5-15/h2-7,11,17,21H,8-10,12,20H2,1H3,(H,22,23). The highest BCUT2D eigenvalue weighted by atomic mass is 16.5. The summed E-state index contributed by atoms with van der Waals surface area (Å²) in [6, 6.07) is 13.1. The number of benzene rings is 2. The monoisotopic (exact) mass is 325 g/mol. The maximum absolute atomic E-state index is 12.4. The number of ether oxygens (including phenoxy) is 1. The maximum Gasteiger partial charge on any atom is 0.255 e. The third-order valence-electron chi connectivity index (χ3n) is 4.19. The first-order chi connectivity index (χ1) is 11.6. The molecule has 1 fully saturated rings. The summed E-state index contributed by atoms with van der Waals surface area (Å²) in [5, 5.41) is 6.32. The minimum absolute atomic E-state index is 0.133. The largest absolute Gasteiger partial charge is 0.399 e. The minimum atomic E-state index is -0.133. The number of carbonyl (C=O) groups excluding carboxylic acids is 1. The Morgan fingerprint density at radius 1 is 1.29 bits per heavy atom. The first-order valence-corrected chi connectivity index (χ1v) is 8.20. The van der Waals surface area contributed by atoms with Crippen LogP contribution >= 0.6 is 0 Å². The number of anilines is 2. The zero-order valence-electron chi connectivity index (χ0n) is 13.8. The van der Waals surface area contributed by atoms with Crippen LogP contribution in [0.5, 0.6) is 0 Å². The number of aryl methyl sites for hydroxylation is 1. The van der Waals surface area contributed by atoms with Crippen LogP contribution in [-0.4, -0.2) is 31.7 Å². The van der Waals surface area contributed by atoms with Crippen LogP contribution in [0.4, 0.5) is 11.4 Å². The van der Waals surface area contributed by atoms with Gasteiger partial charge in [-0.05, 0) is 54.8 Å². The van der Waals surface area contributed by atoms with Gasteiger partial charge in [-0.3, -0.25) is 4.79 Å². The number of carbonyl (C=O) groups is 1. The van der Waals surface area contributed by atoms with Gasteiger partial charge in [0, 0.05) is 30.0 Å². The molecule has 3 rings (SSSR count). The van der Waals surface area contributed by atoms with E-state index in [4.69, 9.17) is 10.5 Å². The van der Waals surface area contributed by atoms with Crippen LogP contribution < -0.4 is 16.4 Å².